The standard InChI is InChI=1S/C19H29N7OS2.Cu/c1-4-20-18(28)24-22-14(3)17(23-25-19(29)21-5-2)15-6-8-16(9-7-15)26-10-12-27-13-11-26;/h6-9H,4-5,10-13H2,1-3H3,(H2,20,24,28)(H2,21,25,29);/q;+2/p-2/b22-14+,23-17-;. The average Bonchev–Trinajstić information content (AvgIpc) is 2.74. The van der Waals surface area contributed by atoms with Crippen LogP contribution in [0.4, 0.5) is 5.69 Å². The molecule has 2 N–H and O–H groups in total. The molecule has 0 unspecified atom stereocenters. The Bertz CT molecular complexity index is 776. The van der Waals surface area contributed by atoms with Crippen LogP contribution in [-0.4, -0.2) is 61.2 Å². The molecule has 0 bridgehead atoms. The van der Waals surface area contributed by atoms with E-state index in [1.807, 2.05) is 32.9 Å². The maximum Gasteiger partial charge on any atom is 2.00 e. The van der Waals surface area contributed by atoms with Crippen LogP contribution < -0.4 is 15.8 Å². The van der Waals surface area contributed by atoms with Crippen molar-refractivity contribution >= 4 is 52.7 Å². The zero-order valence-electron chi connectivity index (χ0n) is 17.3. The molecule has 1 saturated heterocycles. The zero-order chi connectivity index (χ0) is 21.1. The predicted molar refractivity (Wildman–Crippen MR) is 126 cm³/mol. The fraction of sp³-hybridized carbons (Fsp3) is 0.474. The monoisotopic (exact) mass is 496 g/mol. The Kier molecular flexibility index (Phi) is 12.5. The Morgan fingerprint density at radius 3 is 2.03 bits per heavy atom. The van der Waals surface area contributed by atoms with Crippen molar-refractivity contribution in [2.24, 2.45) is 20.2 Å². The van der Waals surface area contributed by atoms with Gasteiger partial charge in [-0.05, 0) is 43.2 Å². The molecule has 1 aliphatic rings. The molecule has 1 fully saturated rings. The van der Waals surface area contributed by atoms with Gasteiger partial charge in [-0.15, -0.1) is 0 Å². The second-order valence-corrected chi connectivity index (χ2v) is 6.86. The van der Waals surface area contributed by atoms with Gasteiger partial charge in [0.05, 0.1) is 18.9 Å². The summed E-state index contributed by atoms with van der Waals surface area (Å²) in [7, 11) is 0. The molecule has 30 heavy (non-hydrogen) atoms. The predicted octanol–water partition coefficient (Wildman–Crippen LogP) is 1.63. The van der Waals surface area contributed by atoms with Gasteiger partial charge in [0.25, 0.3) is 0 Å². The maximum absolute atomic E-state index is 5.42. The summed E-state index contributed by atoms with van der Waals surface area (Å²) in [5, 5.41) is 9.41. The van der Waals surface area contributed by atoms with E-state index in [-0.39, 0.29) is 17.1 Å². The van der Waals surface area contributed by atoms with Crippen molar-refractivity contribution in [2.75, 3.05) is 44.3 Å². The van der Waals surface area contributed by atoms with Crippen LogP contribution in [0.25, 0.3) is 0 Å². The van der Waals surface area contributed by atoms with Crippen LogP contribution in [-0.2, 0) is 47.1 Å². The molecule has 0 spiro atoms. The molecule has 0 aromatic heterocycles. The summed E-state index contributed by atoms with van der Waals surface area (Å²) in [6, 6.07) is 8.17. The molecule has 0 amide bonds. The van der Waals surface area contributed by atoms with E-state index in [4.69, 9.17) is 30.0 Å². The molecular formula is C19H27CuN7OS2. The quantitative estimate of drug-likeness (QED) is 0.196. The first-order chi connectivity index (χ1) is 14.0. The van der Waals surface area contributed by atoms with Gasteiger partial charge < -0.3 is 34.9 Å². The van der Waals surface area contributed by atoms with Crippen LogP contribution in [0.2, 0.25) is 0 Å². The van der Waals surface area contributed by atoms with Crippen molar-refractivity contribution in [1.82, 2.24) is 10.9 Å². The van der Waals surface area contributed by atoms with Crippen LogP contribution in [0.5, 0.6) is 0 Å². The molecule has 0 atom stereocenters. The Balaban J connectivity index is 0.00000450. The number of aliphatic imine (C=N–C) groups is 2. The van der Waals surface area contributed by atoms with Gasteiger partial charge in [-0.2, -0.15) is 10.2 Å². The van der Waals surface area contributed by atoms with E-state index in [0.717, 1.165) is 37.6 Å². The Morgan fingerprint density at radius 2 is 1.50 bits per heavy atom. The number of nitrogens with one attached hydrogen (secondary N) is 2. The van der Waals surface area contributed by atoms with Crippen molar-refractivity contribution in [3.63, 3.8) is 0 Å². The van der Waals surface area contributed by atoms with Gasteiger partial charge in [0, 0.05) is 37.4 Å². The normalized spacial score (nSPS) is 16.2. The largest absolute Gasteiger partial charge is 2.00 e. The van der Waals surface area contributed by atoms with Crippen molar-refractivity contribution in [1.29, 1.82) is 0 Å². The number of amidine groups is 2. The number of hydrazone groups is 2. The van der Waals surface area contributed by atoms with Gasteiger partial charge in [-0.1, -0.05) is 12.1 Å². The minimum absolute atomic E-state index is 0. The van der Waals surface area contributed by atoms with Crippen LogP contribution in [0.3, 0.4) is 0 Å². The Morgan fingerprint density at radius 1 is 0.967 bits per heavy atom. The summed E-state index contributed by atoms with van der Waals surface area (Å²) >= 11 is 10.3. The number of hydrogen-bond donors (Lipinski definition) is 2. The SMILES string of the molecule is CCN=C([S-])N/N=C(C)/C(=N/NC([S-])=NCC)c1ccc(N2CCOCC2)cc1.[Cu+2]. The van der Waals surface area contributed by atoms with Gasteiger partial charge in [-0.25, -0.2) is 0 Å². The number of rotatable bonds is 7. The number of ether oxygens (including phenoxy) is 1. The van der Waals surface area contributed by atoms with Crippen molar-refractivity contribution in [3.05, 3.63) is 29.8 Å². The van der Waals surface area contributed by atoms with Crippen LogP contribution in [0.1, 0.15) is 26.3 Å². The average molecular weight is 497 g/mol. The van der Waals surface area contributed by atoms with Gasteiger partial charge >= 0.3 is 17.1 Å². The summed E-state index contributed by atoms with van der Waals surface area (Å²) in [4.78, 5) is 10.5. The van der Waals surface area contributed by atoms with E-state index < -0.39 is 0 Å². The molecule has 1 aromatic carbocycles. The van der Waals surface area contributed by atoms with Crippen molar-refractivity contribution < 1.29 is 21.8 Å². The number of hydrogen-bond acceptors (Lipinski definition) is 8. The molecule has 1 aromatic rings. The molecule has 1 heterocycles. The first kappa shape index (κ1) is 26.3. The fourth-order valence-corrected chi connectivity index (χ4v) is 3.00. The number of benzene rings is 1. The third-order valence-electron chi connectivity index (χ3n) is 4.05. The summed E-state index contributed by atoms with van der Waals surface area (Å²) in [6.45, 7) is 10.1. The van der Waals surface area contributed by atoms with Crippen LogP contribution in [0.15, 0.2) is 44.5 Å². The van der Waals surface area contributed by atoms with Gasteiger partial charge in [-0.3, -0.25) is 20.8 Å². The van der Waals surface area contributed by atoms with E-state index in [9.17, 15) is 0 Å². The molecule has 167 valence electrons. The minimum Gasteiger partial charge on any atom is -0.741 e. The summed E-state index contributed by atoms with van der Waals surface area (Å²) in [5.41, 5.74) is 8.92. The molecule has 0 saturated carbocycles. The van der Waals surface area contributed by atoms with Crippen molar-refractivity contribution in [2.45, 2.75) is 20.8 Å². The second-order valence-electron chi connectivity index (χ2n) is 6.09. The molecule has 0 aliphatic carbocycles. The zero-order valence-corrected chi connectivity index (χ0v) is 19.9. The van der Waals surface area contributed by atoms with E-state index in [0.29, 0.717) is 34.8 Å². The molecular weight excluding hydrogens is 470 g/mol. The van der Waals surface area contributed by atoms with Crippen LogP contribution >= 0.6 is 0 Å². The Labute approximate surface area is 200 Å². The summed E-state index contributed by atoms with van der Waals surface area (Å²) < 4.78 is 5.42. The minimum atomic E-state index is 0. The number of nitrogens with zero attached hydrogens (tertiary/aromatic N) is 5. The summed E-state index contributed by atoms with van der Waals surface area (Å²) in [6.07, 6.45) is 0. The third kappa shape index (κ3) is 8.53. The van der Waals surface area contributed by atoms with Crippen LogP contribution in [0, 0.1) is 0 Å². The fourth-order valence-electron chi connectivity index (χ4n) is 2.65. The van der Waals surface area contributed by atoms with E-state index in [1.54, 1.807) is 0 Å². The van der Waals surface area contributed by atoms with Crippen molar-refractivity contribution in [3.8, 4) is 0 Å². The van der Waals surface area contributed by atoms with Gasteiger partial charge in [0.2, 0.25) is 0 Å². The van der Waals surface area contributed by atoms with E-state index >= 15 is 0 Å². The maximum atomic E-state index is 5.42. The second kappa shape index (κ2) is 14.3. The molecule has 1 radical (unpaired) electrons. The van der Waals surface area contributed by atoms with E-state index in [1.165, 1.54) is 0 Å². The Hall–Kier alpha value is -1.78. The number of morpholine rings is 1. The topological polar surface area (TPSA) is 86.0 Å². The first-order valence-corrected chi connectivity index (χ1v) is 10.4. The van der Waals surface area contributed by atoms with Gasteiger partial charge in [0.15, 0.2) is 0 Å². The molecule has 11 heteroatoms. The molecule has 1 aliphatic heterocycles. The third-order valence-corrected chi connectivity index (χ3v) is 4.49. The summed E-state index contributed by atoms with van der Waals surface area (Å²) in [5.74, 6) is 0. The molecule has 2 rings (SSSR count). The van der Waals surface area contributed by atoms with Gasteiger partial charge in [0.1, 0.15) is 5.71 Å². The molecule has 8 nitrogen and oxygen atoms in total. The number of anilines is 1. The first-order valence-electron chi connectivity index (χ1n) is 9.55. The smallest absolute Gasteiger partial charge is 0.741 e. The van der Waals surface area contributed by atoms with E-state index in [2.05, 4.69) is 48.1 Å².